The van der Waals surface area contributed by atoms with Gasteiger partial charge in [0.05, 0.1) is 24.4 Å². The van der Waals surface area contributed by atoms with Crippen LogP contribution in [0.3, 0.4) is 0 Å². The summed E-state index contributed by atoms with van der Waals surface area (Å²) in [5, 5.41) is 14.9. The molecule has 1 aliphatic heterocycles. The number of aliphatic hydroxyl groups excluding tert-OH is 1. The van der Waals surface area contributed by atoms with E-state index in [-0.39, 0.29) is 0 Å². The summed E-state index contributed by atoms with van der Waals surface area (Å²) in [5.74, 6) is 0.788. The van der Waals surface area contributed by atoms with E-state index in [1.165, 1.54) is 19.3 Å². The van der Waals surface area contributed by atoms with Gasteiger partial charge in [-0.05, 0) is 38.8 Å². The number of aliphatic hydroxyl groups is 1. The molecule has 2 heterocycles. The highest BCUT2D eigenvalue weighted by atomic mass is 16.5. The largest absolute Gasteiger partial charge is 0.497 e. The maximum Gasteiger partial charge on any atom is 0.121 e. The van der Waals surface area contributed by atoms with Crippen LogP contribution >= 0.6 is 0 Å². The van der Waals surface area contributed by atoms with E-state index in [0.29, 0.717) is 25.2 Å². The zero-order chi connectivity index (χ0) is 17.8. The number of piperidine rings is 1. The van der Waals surface area contributed by atoms with Crippen LogP contribution in [0.5, 0.6) is 5.75 Å². The predicted octanol–water partition coefficient (Wildman–Crippen LogP) is 3.28. The van der Waals surface area contributed by atoms with Gasteiger partial charge >= 0.3 is 0 Å². The number of nitrogens with zero attached hydrogens (tertiary/aromatic N) is 2. The van der Waals surface area contributed by atoms with Crippen molar-refractivity contribution in [3.63, 3.8) is 0 Å². The fraction of sp³-hybridized carbons (Fsp3) is 0.550. The SMILES string of the molecule is COc1cc(NC[C@@H](O)CN2[C@@H](C)CCC[C@@H]2C)c2ncccc2c1. The van der Waals surface area contributed by atoms with Crippen LogP contribution in [0, 0.1) is 0 Å². The highest BCUT2D eigenvalue weighted by molar-refractivity contribution is 5.91. The Balaban J connectivity index is 1.67. The standard InChI is InChI=1S/C20H29N3O2/c1-14-6-4-7-15(2)23(14)13-17(24)12-22-19-11-18(25-3)10-16-8-5-9-21-20(16)19/h5,8-11,14-15,17,22,24H,4,6-7,12-13H2,1-3H3/t14-,15-,17+/m0/s1. The van der Waals surface area contributed by atoms with E-state index >= 15 is 0 Å². The van der Waals surface area contributed by atoms with Crippen molar-refractivity contribution in [1.29, 1.82) is 0 Å². The number of nitrogens with one attached hydrogen (secondary N) is 1. The van der Waals surface area contributed by atoms with Crippen LogP contribution in [0.15, 0.2) is 30.5 Å². The molecule has 3 atom stereocenters. The third kappa shape index (κ3) is 4.22. The third-order valence-electron chi connectivity index (χ3n) is 5.24. The van der Waals surface area contributed by atoms with Gasteiger partial charge in [0.2, 0.25) is 0 Å². The van der Waals surface area contributed by atoms with E-state index < -0.39 is 6.10 Å². The second-order valence-electron chi connectivity index (χ2n) is 7.11. The molecule has 1 saturated heterocycles. The van der Waals surface area contributed by atoms with E-state index in [0.717, 1.165) is 22.3 Å². The number of ether oxygens (including phenoxy) is 1. The lowest BCUT2D eigenvalue weighted by Gasteiger charge is -2.40. The molecule has 0 saturated carbocycles. The van der Waals surface area contributed by atoms with Crippen molar-refractivity contribution in [3.05, 3.63) is 30.5 Å². The molecule has 5 heteroatoms. The van der Waals surface area contributed by atoms with Crippen molar-refractivity contribution in [2.75, 3.05) is 25.5 Å². The Kier molecular flexibility index (Phi) is 5.76. The molecule has 136 valence electrons. The molecule has 25 heavy (non-hydrogen) atoms. The summed E-state index contributed by atoms with van der Waals surface area (Å²) in [5.41, 5.74) is 1.80. The Labute approximate surface area is 150 Å². The first-order valence-corrected chi connectivity index (χ1v) is 9.19. The summed E-state index contributed by atoms with van der Waals surface area (Å²) in [7, 11) is 1.66. The van der Waals surface area contributed by atoms with E-state index in [2.05, 4.69) is 29.0 Å². The van der Waals surface area contributed by atoms with Gasteiger partial charge < -0.3 is 15.2 Å². The van der Waals surface area contributed by atoms with Gasteiger partial charge in [0.1, 0.15) is 5.75 Å². The Morgan fingerprint density at radius 3 is 2.80 bits per heavy atom. The monoisotopic (exact) mass is 343 g/mol. The zero-order valence-electron chi connectivity index (χ0n) is 15.4. The molecule has 1 fully saturated rings. The number of anilines is 1. The molecule has 3 rings (SSSR count). The molecule has 0 unspecified atom stereocenters. The molecule has 0 spiro atoms. The average Bonchev–Trinajstić information content (AvgIpc) is 2.62. The van der Waals surface area contributed by atoms with Crippen molar-refractivity contribution in [2.45, 2.75) is 51.3 Å². The second kappa shape index (κ2) is 8.02. The molecular weight excluding hydrogens is 314 g/mol. The number of methoxy groups -OCH3 is 1. The predicted molar refractivity (Wildman–Crippen MR) is 102 cm³/mol. The van der Waals surface area contributed by atoms with E-state index in [9.17, 15) is 5.11 Å². The number of fused-ring (bicyclic) bond motifs is 1. The quantitative estimate of drug-likeness (QED) is 0.843. The second-order valence-corrected chi connectivity index (χ2v) is 7.11. The Morgan fingerprint density at radius 2 is 2.08 bits per heavy atom. The van der Waals surface area contributed by atoms with Crippen molar-refractivity contribution in [2.24, 2.45) is 0 Å². The zero-order valence-corrected chi connectivity index (χ0v) is 15.4. The number of hydrogen-bond donors (Lipinski definition) is 2. The Bertz CT molecular complexity index is 696. The summed E-state index contributed by atoms with van der Waals surface area (Å²) in [6, 6.07) is 8.92. The molecule has 0 aliphatic carbocycles. The highest BCUT2D eigenvalue weighted by Crippen LogP contribution is 2.28. The summed E-state index contributed by atoms with van der Waals surface area (Å²) < 4.78 is 5.38. The van der Waals surface area contributed by atoms with Gasteiger partial charge in [0.15, 0.2) is 0 Å². The van der Waals surface area contributed by atoms with Gasteiger partial charge in [0.25, 0.3) is 0 Å². The van der Waals surface area contributed by atoms with Crippen LogP contribution in [0.1, 0.15) is 33.1 Å². The van der Waals surface area contributed by atoms with Crippen LogP contribution in [-0.4, -0.2) is 53.4 Å². The van der Waals surface area contributed by atoms with E-state index in [1.54, 1.807) is 13.3 Å². The van der Waals surface area contributed by atoms with Crippen molar-refractivity contribution in [1.82, 2.24) is 9.88 Å². The number of aromatic nitrogens is 1. The number of hydrogen-bond acceptors (Lipinski definition) is 5. The molecule has 0 amide bonds. The number of likely N-dealkylation sites (tertiary alicyclic amines) is 1. The first-order valence-electron chi connectivity index (χ1n) is 9.19. The maximum atomic E-state index is 10.5. The van der Waals surface area contributed by atoms with E-state index in [4.69, 9.17) is 4.74 Å². The molecule has 5 nitrogen and oxygen atoms in total. The summed E-state index contributed by atoms with van der Waals surface area (Å²) in [6.07, 6.45) is 5.08. The molecule has 0 bridgehead atoms. The minimum atomic E-state index is -0.423. The van der Waals surface area contributed by atoms with Crippen molar-refractivity contribution >= 4 is 16.6 Å². The normalized spacial score (nSPS) is 22.7. The summed E-state index contributed by atoms with van der Waals surface area (Å²) in [6.45, 7) is 5.71. The van der Waals surface area contributed by atoms with Gasteiger partial charge in [-0.2, -0.15) is 0 Å². The Hall–Kier alpha value is -1.85. The van der Waals surface area contributed by atoms with E-state index in [1.807, 2.05) is 24.3 Å². The Morgan fingerprint density at radius 1 is 1.32 bits per heavy atom. The highest BCUT2D eigenvalue weighted by Gasteiger charge is 2.26. The first-order chi connectivity index (χ1) is 12.1. The third-order valence-corrected chi connectivity index (χ3v) is 5.24. The number of rotatable bonds is 6. The lowest BCUT2D eigenvalue weighted by molar-refractivity contribution is 0.0467. The minimum absolute atomic E-state index is 0.423. The van der Waals surface area contributed by atoms with Gasteiger partial charge in [-0.1, -0.05) is 12.5 Å². The number of benzene rings is 1. The van der Waals surface area contributed by atoms with Crippen LogP contribution < -0.4 is 10.1 Å². The van der Waals surface area contributed by atoms with Crippen LogP contribution in [0.2, 0.25) is 0 Å². The summed E-state index contributed by atoms with van der Waals surface area (Å²) >= 11 is 0. The number of pyridine rings is 1. The molecule has 0 radical (unpaired) electrons. The number of β-amino-alcohol motifs (C(OH)–C–C–N with tert-alkyl or cyclic N) is 1. The van der Waals surface area contributed by atoms with Gasteiger partial charge in [-0.15, -0.1) is 0 Å². The van der Waals surface area contributed by atoms with Crippen LogP contribution in [0.25, 0.3) is 10.9 Å². The molecule has 2 N–H and O–H groups in total. The van der Waals surface area contributed by atoms with Crippen molar-refractivity contribution in [3.8, 4) is 5.75 Å². The maximum absolute atomic E-state index is 10.5. The van der Waals surface area contributed by atoms with Crippen LogP contribution in [-0.2, 0) is 0 Å². The molecule has 1 aliphatic rings. The smallest absolute Gasteiger partial charge is 0.121 e. The first kappa shape index (κ1) is 18.0. The topological polar surface area (TPSA) is 57.6 Å². The fourth-order valence-corrected chi connectivity index (χ4v) is 3.79. The molecular formula is C20H29N3O2. The average molecular weight is 343 g/mol. The van der Waals surface area contributed by atoms with Gasteiger partial charge in [-0.3, -0.25) is 9.88 Å². The van der Waals surface area contributed by atoms with Gasteiger partial charge in [-0.25, -0.2) is 0 Å². The molecule has 2 aromatic rings. The lowest BCUT2D eigenvalue weighted by atomic mass is 9.97. The fourth-order valence-electron chi connectivity index (χ4n) is 3.79. The summed E-state index contributed by atoms with van der Waals surface area (Å²) in [4.78, 5) is 6.89. The van der Waals surface area contributed by atoms with Crippen molar-refractivity contribution < 1.29 is 9.84 Å². The molecule has 1 aromatic heterocycles. The van der Waals surface area contributed by atoms with Crippen LogP contribution in [0.4, 0.5) is 5.69 Å². The lowest BCUT2D eigenvalue weighted by Crippen LogP contribution is -2.48. The minimum Gasteiger partial charge on any atom is -0.497 e. The van der Waals surface area contributed by atoms with Gasteiger partial charge in [0, 0.05) is 42.8 Å². The molecule has 1 aromatic carbocycles.